The topological polar surface area (TPSA) is 63.4 Å². The predicted molar refractivity (Wildman–Crippen MR) is 83.8 cm³/mol. The average Bonchev–Trinajstić information content (AvgIpc) is 2.46. The molecule has 1 heterocycles. The molecular weight excluding hydrogens is 359 g/mol. The van der Waals surface area contributed by atoms with Crippen molar-refractivity contribution in [2.75, 3.05) is 13.1 Å². The van der Waals surface area contributed by atoms with Crippen LogP contribution in [0.3, 0.4) is 0 Å². The quantitative estimate of drug-likeness (QED) is 0.875. The molecule has 1 saturated heterocycles. The van der Waals surface area contributed by atoms with Crippen LogP contribution >= 0.6 is 15.9 Å². The van der Waals surface area contributed by atoms with Crippen molar-refractivity contribution in [1.82, 2.24) is 4.31 Å². The summed E-state index contributed by atoms with van der Waals surface area (Å²) in [6.07, 6.45) is 2.65. The maximum absolute atomic E-state index is 13.2. The van der Waals surface area contributed by atoms with Crippen molar-refractivity contribution in [3.8, 4) is 0 Å². The van der Waals surface area contributed by atoms with Crippen molar-refractivity contribution in [2.24, 2.45) is 11.7 Å². The lowest BCUT2D eigenvalue weighted by Gasteiger charge is -2.37. The molecule has 4 nitrogen and oxygen atoms in total. The Balaban J connectivity index is 2.34. The van der Waals surface area contributed by atoms with Crippen molar-refractivity contribution < 1.29 is 12.8 Å². The summed E-state index contributed by atoms with van der Waals surface area (Å²) < 4.78 is 40.5. The molecule has 2 rings (SSSR count). The number of nitrogens with two attached hydrogens (primary N) is 1. The van der Waals surface area contributed by atoms with Crippen LogP contribution in [0.5, 0.6) is 0 Å². The molecule has 21 heavy (non-hydrogen) atoms. The first-order chi connectivity index (χ1) is 9.90. The predicted octanol–water partition coefficient (Wildman–Crippen LogP) is 2.73. The van der Waals surface area contributed by atoms with Crippen LogP contribution in [0.2, 0.25) is 0 Å². The van der Waals surface area contributed by atoms with Crippen molar-refractivity contribution in [3.05, 3.63) is 28.5 Å². The van der Waals surface area contributed by atoms with E-state index in [-0.39, 0.29) is 15.4 Å². The van der Waals surface area contributed by atoms with E-state index in [1.807, 2.05) is 0 Å². The van der Waals surface area contributed by atoms with Crippen LogP contribution in [-0.2, 0) is 10.0 Å². The average molecular weight is 379 g/mol. The van der Waals surface area contributed by atoms with Gasteiger partial charge in [0.1, 0.15) is 5.82 Å². The second kappa shape index (κ2) is 6.73. The number of sulfonamides is 1. The number of nitrogens with zero attached hydrogens (tertiary/aromatic N) is 1. The summed E-state index contributed by atoms with van der Waals surface area (Å²) in [5.41, 5.74) is 5.77. The molecule has 2 N–H and O–H groups in total. The fraction of sp³-hybridized carbons (Fsp3) is 0.571. The molecule has 0 saturated carbocycles. The van der Waals surface area contributed by atoms with Crippen molar-refractivity contribution >= 4 is 26.0 Å². The van der Waals surface area contributed by atoms with Gasteiger partial charge in [0.2, 0.25) is 10.0 Å². The molecule has 1 aromatic rings. The van der Waals surface area contributed by atoms with Gasteiger partial charge >= 0.3 is 0 Å². The van der Waals surface area contributed by atoms with Gasteiger partial charge in [-0.15, -0.1) is 0 Å². The summed E-state index contributed by atoms with van der Waals surface area (Å²) >= 11 is 3.14. The summed E-state index contributed by atoms with van der Waals surface area (Å²) in [6.45, 7) is 2.88. The van der Waals surface area contributed by atoms with E-state index >= 15 is 0 Å². The minimum atomic E-state index is -3.66. The maximum Gasteiger partial charge on any atom is 0.244 e. The minimum absolute atomic E-state index is 0.0947. The summed E-state index contributed by atoms with van der Waals surface area (Å²) in [4.78, 5) is 0.0947. The summed E-state index contributed by atoms with van der Waals surface area (Å²) in [5, 5.41) is 0. The molecule has 0 amide bonds. The van der Waals surface area contributed by atoms with Gasteiger partial charge in [-0.25, -0.2) is 12.8 Å². The number of hydrogen-bond donors (Lipinski definition) is 1. The highest BCUT2D eigenvalue weighted by atomic mass is 79.9. The second-order valence-electron chi connectivity index (χ2n) is 5.38. The molecule has 1 aromatic carbocycles. The molecule has 7 heteroatoms. The van der Waals surface area contributed by atoms with Crippen LogP contribution in [0.15, 0.2) is 27.6 Å². The molecule has 118 valence electrons. The van der Waals surface area contributed by atoms with E-state index in [0.29, 0.717) is 19.0 Å². The smallest absolute Gasteiger partial charge is 0.244 e. The van der Waals surface area contributed by atoms with E-state index in [9.17, 15) is 12.8 Å². The van der Waals surface area contributed by atoms with Gasteiger partial charge in [-0.3, -0.25) is 0 Å². The standard InChI is InChI=1S/C14H20BrFN2O2S/c1-2-10-5-6-18(12(7-10)9-17)21(19,20)14-4-3-11(16)8-13(14)15/h3-4,8,10,12H,2,5-7,9,17H2,1H3. The number of rotatable bonds is 4. The molecule has 0 radical (unpaired) electrons. The first-order valence-corrected chi connectivity index (χ1v) is 9.30. The molecule has 2 atom stereocenters. The zero-order chi connectivity index (χ0) is 15.6. The lowest BCUT2D eigenvalue weighted by molar-refractivity contribution is 0.197. The molecule has 1 aliphatic rings. The van der Waals surface area contributed by atoms with Gasteiger partial charge in [-0.1, -0.05) is 13.3 Å². The largest absolute Gasteiger partial charge is 0.329 e. The molecule has 0 aromatic heterocycles. The Morgan fingerprint density at radius 1 is 1.48 bits per heavy atom. The number of hydrogen-bond acceptors (Lipinski definition) is 3. The van der Waals surface area contributed by atoms with E-state index in [4.69, 9.17) is 5.73 Å². The first kappa shape index (κ1) is 16.9. The third-order valence-corrected chi connectivity index (χ3v) is 7.03. The lowest BCUT2D eigenvalue weighted by Crippen LogP contribution is -2.49. The number of piperidine rings is 1. The molecule has 2 unspecified atom stereocenters. The van der Waals surface area contributed by atoms with Crippen LogP contribution in [0, 0.1) is 11.7 Å². The highest BCUT2D eigenvalue weighted by Crippen LogP contribution is 2.32. The van der Waals surface area contributed by atoms with E-state index in [0.717, 1.165) is 25.3 Å². The van der Waals surface area contributed by atoms with Crippen molar-refractivity contribution in [2.45, 2.75) is 37.1 Å². The van der Waals surface area contributed by atoms with Gasteiger partial charge < -0.3 is 5.73 Å². The van der Waals surface area contributed by atoms with Gasteiger partial charge in [0.05, 0.1) is 4.90 Å². The second-order valence-corrected chi connectivity index (χ2v) is 8.09. The zero-order valence-corrected chi connectivity index (χ0v) is 14.3. The van der Waals surface area contributed by atoms with E-state index in [1.165, 1.54) is 16.4 Å². The van der Waals surface area contributed by atoms with Crippen LogP contribution in [0.25, 0.3) is 0 Å². The van der Waals surface area contributed by atoms with Gasteiger partial charge in [0, 0.05) is 23.6 Å². The summed E-state index contributed by atoms with van der Waals surface area (Å²) in [6, 6.07) is 3.44. The van der Waals surface area contributed by atoms with Gasteiger partial charge in [-0.05, 0) is 52.9 Å². The molecular formula is C14H20BrFN2O2S. The minimum Gasteiger partial charge on any atom is -0.329 e. The molecule has 0 spiro atoms. The fourth-order valence-corrected chi connectivity index (χ4v) is 5.50. The fourth-order valence-electron chi connectivity index (χ4n) is 2.82. The Kier molecular flexibility index (Phi) is 5.40. The van der Waals surface area contributed by atoms with Crippen LogP contribution in [-0.4, -0.2) is 31.9 Å². The van der Waals surface area contributed by atoms with Crippen LogP contribution < -0.4 is 5.73 Å². The Labute approximate surface area is 133 Å². The normalized spacial score (nSPS) is 24.2. The molecule has 0 aliphatic carbocycles. The van der Waals surface area contributed by atoms with Gasteiger partial charge in [0.25, 0.3) is 0 Å². The van der Waals surface area contributed by atoms with Crippen LogP contribution in [0.1, 0.15) is 26.2 Å². The van der Waals surface area contributed by atoms with E-state index < -0.39 is 15.8 Å². The van der Waals surface area contributed by atoms with Crippen molar-refractivity contribution in [3.63, 3.8) is 0 Å². The van der Waals surface area contributed by atoms with Crippen molar-refractivity contribution in [1.29, 1.82) is 0 Å². The molecule has 0 bridgehead atoms. The first-order valence-electron chi connectivity index (χ1n) is 7.07. The molecule has 1 fully saturated rings. The van der Waals surface area contributed by atoms with E-state index in [2.05, 4.69) is 22.9 Å². The van der Waals surface area contributed by atoms with E-state index in [1.54, 1.807) is 0 Å². The maximum atomic E-state index is 13.2. The number of halogens is 2. The van der Waals surface area contributed by atoms with Gasteiger partial charge in [0.15, 0.2) is 0 Å². The van der Waals surface area contributed by atoms with Crippen LogP contribution in [0.4, 0.5) is 4.39 Å². The highest BCUT2D eigenvalue weighted by molar-refractivity contribution is 9.10. The Morgan fingerprint density at radius 2 is 2.19 bits per heavy atom. The Bertz CT molecular complexity index is 609. The van der Waals surface area contributed by atoms with Gasteiger partial charge in [-0.2, -0.15) is 4.31 Å². The summed E-state index contributed by atoms with van der Waals surface area (Å²) in [5.74, 6) is 0.0440. The Hall–Kier alpha value is -0.500. The highest BCUT2D eigenvalue weighted by Gasteiger charge is 2.36. The third-order valence-electron chi connectivity index (χ3n) is 4.10. The Morgan fingerprint density at radius 3 is 2.76 bits per heavy atom. The SMILES string of the molecule is CCC1CCN(S(=O)(=O)c2ccc(F)cc2Br)C(CN)C1. The summed E-state index contributed by atoms with van der Waals surface area (Å²) in [7, 11) is -3.66. The monoisotopic (exact) mass is 378 g/mol. The lowest BCUT2D eigenvalue weighted by atomic mass is 9.90. The zero-order valence-electron chi connectivity index (χ0n) is 11.9. The third kappa shape index (κ3) is 3.47. The molecule has 1 aliphatic heterocycles. The number of benzene rings is 1.